The lowest BCUT2D eigenvalue weighted by molar-refractivity contribution is -0.366. The van der Waals surface area contributed by atoms with E-state index in [-0.39, 0.29) is 64.5 Å². The molecule has 30 heteroatoms. The number of hydroxylamine groups is 2. The second-order valence-corrected chi connectivity index (χ2v) is 18.6. The molecule has 74 heavy (non-hydrogen) atoms. The van der Waals surface area contributed by atoms with E-state index in [2.05, 4.69) is 5.32 Å². The zero-order valence-electron chi connectivity index (χ0n) is 40.3. The van der Waals surface area contributed by atoms with Crippen LogP contribution in [-0.2, 0) is 71.5 Å². The number of carbonyl (C=O) groups is 6. The van der Waals surface area contributed by atoms with Crippen molar-refractivity contribution < 1.29 is 138 Å². The van der Waals surface area contributed by atoms with Gasteiger partial charge in [-0.05, 0) is 26.2 Å². The van der Waals surface area contributed by atoms with Gasteiger partial charge in [0.2, 0.25) is 5.91 Å². The first-order chi connectivity index (χ1) is 35.1. The molecule has 0 saturated carbocycles. The number of unbranched alkanes of at least 4 members (excludes halogenated alkanes) is 1. The fourth-order valence-corrected chi connectivity index (χ4v) is 8.60. The Labute approximate surface area is 422 Å². The molecule has 1 unspecified atom stereocenters. The van der Waals surface area contributed by atoms with E-state index in [1.54, 1.807) is 0 Å². The van der Waals surface area contributed by atoms with Crippen LogP contribution in [0.15, 0.2) is 0 Å². The van der Waals surface area contributed by atoms with Crippen LogP contribution in [0.3, 0.4) is 0 Å². The van der Waals surface area contributed by atoms with Gasteiger partial charge in [0, 0.05) is 57.4 Å². The summed E-state index contributed by atoms with van der Waals surface area (Å²) < 4.78 is 44.3. The number of aliphatic hydroxyl groups excluding tert-OH is 13. The zero-order valence-corrected chi connectivity index (χ0v) is 40.3. The Bertz CT molecular complexity index is 1830. The first kappa shape index (κ1) is 61.4. The van der Waals surface area contributed by atoms with Crippen LogP contribution in [-0.4, -0.2) is 269 Å². The molecule has 424 valence electrons. The van der Waals surface area contributed by atoms with Crippen LogP contribution in [0.1, 0.15) is 71.1 Å². The molecular weight excluding hydrogens is 1000 g/mol. The topological polar surface area (TPSA) is 464 Å². The lowest BCUT2D eigenvalue weighted by Crippen LogP contribution is -2.65. The SMILES string of the molecule is C[C@@H]1O[C@@H](OCCNC(=O)CC(CC(=O)CCCCC(=O)ON2C(=O)CCC2=O)C(=O)CCCO[C@H]2O[C@H](CO[C@H]3O[C@H](CO)[C@@H](O)[C@H](O)[C@@H]3O)[C@@H](O)[C@H](O[C@H]3O[C@H](CO)[C@@H](O)[C@H](O)[C@@H]3O)[C@@H]2O)[C@@H](O)[C@H](O)[C@@H]1O. The molecule has 5 aliphatic rings. The molecule has 5 fully saturated rings. The summed E-state index contributed by atoms with van der Waals surface area (Å²) in [5, 5.41) is 137. The van der Waals surface area contributed by atoms with Crippen molar-refractivity contribution in [2.45, 2.75) is 194 Å². The highest BCUT2D eigenvalue weighted by Gasteiger charge is 2.52. The third-order valence-corrected chi connectivity index (χ3v) is 13.1. The number of imide groups is 1. The van der Waals surface area contributed by atoms with Crippen LogP contribution in [0.4, 0.5) is 0 Å². The highest BCUT2D eigenvalue weighted by Crippen LogP contribution is 2.32. The van der Waals surface area contributed by atoms with Crippen molar-refractivity contribution in [3.63, 3.8) is 0 Å². The number of carbonyl (C=O) groups excluding carboxylic acids is 6. The quantitative estimate of drug-likeness (QED) is 0.0268. The van der Waals surface area contributed by atoms with E-state index in [9.17, 15) is 95.2 Å². The Hall–Kier alpha value is -3.42. The number of ether oxygens (including phenoxy) is 8. The van der Waals surface area contributed by atoms with Gasteiger partial charge in [0.1, 0.15) is 103 Å². The van der Waals surface area contributed by atoms with E-state index >= 15 is 0 Å². The smallest absolute Gasteiger partial charge is 0.333 e. The average Bonchev–Trinajstić information content (AvgIpc) is 3.69. The Morgan fingerprint density at radius 3 is 1.73 bits per heavy atom. The van der Waals surface area contributed by atoms with Gasteiger partial charge in [-0.1, -0.05) is 0 Å². The van der Waals surface area contributed by atoms with E-state index in [1.807, 2.05) is 0 Å². The van der Waals surface area contributed by atoms with E-state index in [0.29, 0.717) is 5.06 Å². The number of rotatable bonds is 27. The lowest BCUT2D eigenvalue weighted by Gasteiger charge is -2.46. The molecule has 0 bridgehead atoms. The second kappa shape index (κ2) is 28.8. The molecule has 14 N–H and O–H groups in total. The van der Waals surface area contributed by atoms with Crippen molar-refractivity contribution >= 4 is 35.3 Å². The van der Waals surface area contributed by atoms with E-state index in [0.717, 1.165) is 0 Å². The van der Waals surface area contributed by atoms with Crippen molar-refractivity contribution in [3.8, 4) is 0 Å². The standard InChI is InChI=1S/C44H70N2O28/c1-18-29(55)33(59)36(62)41(69-18)67-12-10-45-25(51)14-19(13-20(49)5-2-3-7-28(54)74-46-26(52)8-9-27(46)53)21(50)6-4-11-66-43-39(65)40(73-44-38(64)35(61)31(57)23(16-48)71-44)32(58)24(72-43)17-68-42-37(63)34(60)30(56)22(15-47)70-42/h18-19,22-24,29-44,47-48,55-65H,2-17H2,1H3,(H,45,51)/t18-,19?,22+,23+,24+,29+,30+,31+,32+,33+,34-,35-,36-,37-,38-,39-,40-,41+,42-,43-,44+/m0/s1. The third kappa shape index (κ3) is 16.1. The van der Waals surface area contributed by atoms with Crippen molar-refractivity contribution in [1.29, 1.82) is 0 Å². The monoisotopic (exact) mass is 1070 g/mol. The van der Waals surface area contributed by atoms with Crippen molar-refractivity contribution in [1.82, 2.24) is 10.4 Å². The van der Waals surface area contributed by atoms with E-state index in [1.165, 1.54) is 6.92 Å². The molecule has 0 aromatic carbocycles. The second-order valence-electron chi connectivity index (χ2n) is 18.6. The van der Waals surface area contributed by atoms with Gasteiger partial charge in [-0.2, -0.15) is 0 Å². The number of ketones is 2. The van der Waals surface area contributed by atoms with Crippen LogP contribution < -0.4 is 5.32 Å². The lowest BCUT2D eigenvalue weighted by atomic mass is 9.90. The highest BCUT2D eigenvalue weighted by atomic mass is 16.8. The number of hydrogen-bond acceptors (Lipinski definition) is 28. The van der Waals surface area contributed by atoms with Crippen LogP contribution >= 0.6 is 0 Å². The Morgan fingerprint density at radius 2 is 1.11 bits per heavy atom. The van der Waals surface area contributed by atoms with Gasteiger partial charge in [-0.15, -0.1) is 5.06 Å². The summed E-state index contributed by atoms with van der Waals surface area (Å²) in [5.41, 5.74) is 0. The molecule has 5 heterocycles. The largest absolute Gasteiger partial charge is 0.394 e. The normalized spacial score (nSPS) is 38.2. The number of hydrogen-bond donors (Lipinski definition) is 14. The summed E-state index contributed by atoms with van der Waals surface area (Å²) in [4.78, 5) is 80.6. The van der Waals surface area contributed by atoms with Gasteiger partial charge >= 0.3 is 5.97 Å². The minimum Gasteiger partial charge on any atom is -0.394 e. The summed E-state index contributed by atoms with van der Waals surface area (Å²) in [5.74, 6) is -5.17. The number of nitrogens with one attached hydrogen (secondary N) is 1. The maximum absolute atomic E-state index is 13.7. The maximum Gasteiger partial charge on any atom is 0.333 e. The maximum atomic E-state index is 13.7. The highest BCUT2D eigenvalue weighted by molar-refractivity contribution is 6.01. The Balaban J connectivity index is 1.20. The number of Topliss-reactive ketones (excluding diaryl/α,β-unsaturated/α-hetero) is 2. The summed E-state index contributed by atoms with van der Waals surface area (Å²) >= 11 is 0. The molecule has 0 spiro atoms. The van der Waals surface area contributed by atoms with Crippen LogP contribution in [0.2, 0.25) is 0 Å². The minimum absolute atomic E-state index is 0.0964. The molecule has 0 aromatic rings. The third-order valence-electron chi connectivity index (χ3n) is 13.1. The summed E-state index contributed by atoms with van der Waals surface area (Å²) in [6.07, 6.45) is -35.3. The minimum atomic E-state index is -2.00. The van der Waals surface area contributed by atoms with Gasteiger partial charge in [0.15, 0.2) is 25.2 Å². The van der Waals surface area contributed by atoms with Crippen molar-refractivity contribution in [2.24, 2.45) is 5.92 Å². The number of amides is 3. The molecule has 5 saturated heterocycles. The average molecular weight is 1080 g/mol. The van der Waals surface area contributed by atoms with Gasteiger partial charge < -0.3 is 114 Å². The van der Waals surface area contributed by atoms with Crippen molar-refractivity contribution in [3.05, 3.63) is 0 Å². The van der Waals surface area contributed by atoms with Crippen LogP contribution in [0.25, 0.3) is 0 Å². The predicted octanol–water partition coefficient (Wildman–Crippen LogP) is -8.11. The first-order valence-corrected chi connectivity index (χ1v) is 24.3. The van der Waals surface area contributed by atoms with Crippen LogP contribution in [0, 0.1) is 5.92 Å². The van der Waals surface area contributed by atoms with Gasteiger partial charge in [-0.3, -0.25) is 24.0 Å². The Kier molecular flexibility index (Phi) is 23.9. The van der Waals surface area contributed by atoms with Gasteiger partial charge in [-0.25, -0.2) is 4.79 Å². The molecular formula is C44H70N2O28. The molecule has 5 aliphatic heterocycles. The predicted molar refractivity (Wildman–Crippen MR) is 234 cm³/mol. The fourth-order valence-electron chi connectivity index (χ4n) is 8.60. The molecule has 3 amide bonds. The summed E-state index contributed by atoms with van der Waals surface area (Å²) in [7, 11) is 0. The summed E-state index contributed by atoms with van der Waals surface area (Å²) in [6.45, 7) is -1.77. The number of nitrogens with zero attached hydrogens (tertiary/aromatic N) is 1. The van der Waals surface area contributed by atoms with E-state index < -0.39 is 203 Å². The van der Waals surface area contributed by atoms with Gasteiger partial charge in [0.05, 0.1) is 39.1 Å². The molecule has 5 rings (SSSR count). The summed E-state index contributed by atoms with van der Waals surface area (Å²) in [6, 6.07) is 0. The molecule has 21 atom stereocenters. The molecule has 30 nitrogen and oxygen atoms in total. The molecule has 0 aliphatic carbocycles. The van der Waals surface area contributed by atoms with Gasteiger partial charge in [0.25, 0.3) is 11.8 Å². The van der Waals surface area contributed by atoms with Crippen LogP contribution in [0.5, 0.6) is 0 Å². The first-order valence-electron chi connectivity index (χ1n) is 24.3. The molecule has 0 radical (unpaired) electrons. The fraction of sp³-hybridized carbons (Fsp3) is 0.864. The van der Waals surface area contributed by atoms with Crippen molar-refractivity contribution in [2.75, 3.05) is 39.6 Å². The van der Waals surface area contributed by atoms with E-state index in [4.69, 9.17) is 42.7 Å². The molecule has 0 aromatic heterocycles. The Morgan fingerprint density at radius 1 is 0.581 bits per heavy atom. The number of aliphatic hydroxyl groups is 13. The zero-order chi connectivity index (χ0) is 54.6.